The van der Waals surface area contributed by atoms with Crippen molar-refractivity contribution in [2.24, 2.45) is 0 Å². The predicted molar refractivity (Wildman–Crippen MR) is 50.9 cm³/mol. The Balaban J connectivity index is 2.51. The highest BCUT2D eigenvalue weighted by Crippen LogP contribution is 2.40. The zero-order chi connectivity index (χ0) is 11.1. The molecule has 1 aromatic carbocycles. The molecule has 0 fully saturated rings. The van der Waals surface area contributed by atoms with Crippen molar-refractivity contribution in [2.45, 2.75) is 10.4 Å². The minimum absolute atomic E-state index is 0.0422. The van der Waals surface area contributed by atoms with E-state index in [1.54, 1.807) is 0 Å². The first-order valence-electron chi connectivity index (χ1n) is 3.76. The van der Waals surface area contributed by atoms with Gasteiger partial charge in [-0.1, -0.05) is 6.07 Å². The number of para-hydroxylation sites is 1. The Kier molecular flexibility index (Phi) is 2.56. The lowest BCUT2D eigenvalue weighted by Gasteiger charge is -2.04. The van der Waals surface area contributed by atoms with Gasteiger partial charge in [-0.3, -0.25) is 0 Å². The van der Waals surface area contributed by atoms with E-state index in [4.69, 9.17) is 16.0 Å². The summed E-state index contributed by atoms with van der Waals surface area (Å²) < 4.78 is 41.3. The average molecular weight is 254 g/mol. The molecule has 1 aromatic heterocycles. The molecule has 0 atom stereocenters. The Morgan fingerprint density at radius 3 is 2.73 bits per heavy atom. The third kappa shape index (κ3) is 2.38. The maximum atomic E-state index is 12.1. The second-order valence-corrected chi connectivity index (χ2v) is 4.05. The number of hydrogen-bond acceptors (Lipinski definition) is 3. The van der Waals surface area contributed by atoms with Gasteiger partial charge in [0.1, 0.15) is 5.52 Å². The zero-order valence-electron chi connectivity index (χ0n) is 7.01. The van der Waals surface area contributed by atoms with Crippen molar-refractivity contribution in [3.8, 4) is 0 Å². The lowest BCUT2D eigenvalue weighted by molar-refractivity contribution is -0.0328. The van der Waals surface area contributed by atoms with Gasteiger partial charge in [0.25, 0.3) is 5.35 Å². The largest absolute Gasteiger partial charge is 0.446 e. The van der Waals surface area contributed by atoms with Crippen LogP contribution in [0.1, 0.15) is 0 Å². The SMILES string of the molecule is FC(F)(F)Sc1cccc2nc(Cl)oc12. The van der Waals surface area contributed by atoms with Crippen molar-refractivity contribution < 1.29 is 17.6 Å². The highest BCUT2D eigenvalue weighted by Gasteiger charge is 2.30. The lowest BCUT2D eigenvalue weighted by atomic mass is 10.3. The average Bonchev–Trinajstić information content (AvgIpc) is 2.43. The predicted octanol–water partition coefficient (Wildman–Crippen LogP) is 4.09. The summed E-state index contributed by atoms with van der Waals surface area (Å²) in [5, 5.41) is -0.166. The van der Waals surface area contributed by atoms with Crippen molar-refractivity contribution in [1.82, 2.24) is 4.98 Å². The van der Waals surface area contributed by atoms with Crippen LogP contribution in [-0.2, 0) is 0 Å². The van der Waals surface area contributed by atoms with Crippen LogP contribution in [0.5, 0.6) is 0 Å². The molecule has 0 saturated carbocycles. The normalized spacial score (nSPS) is 12.3. The maximum Gasteiger partial charge on any atom is 0.446 e. The molecule has 0 bridgehead atoms. The van der Waals surface area contributed by atoms with E-state index in [-0.39, 0.29) is 27.6 Å². The third-order valence-corrected chi connectivity index (χ3v) is 2.51. The van der Waals surface area contributed by atoms with Crippen molar-refractivity contribution in [3.63, 3.8) is 0 Å². The quantitative estimate of drug-likeness (QED) is 0.716. The van der Waals surface area contributed by atoms with E-state index >= 15 is 0 Å². The van der Waals surface area contributed by atoms with E-state index in [1.807, 2.05) is 0 Å². The first-order valence-corrected chi connectivity index (χ1v) is 4.96. The summed E-state index contributed by atoms with van der Waals surface area (Å²) in [7, 11) is 0. The maximum absolute atomic E-state index is 12.1. The molecule has 0 N–H and O–H groups in total. The molecule has 2 aromatic rings. The Bertz CT molecular complexity index is 496. The van der Waals surface area contributed by atoms with Crippen LogP contribution in [0.4, 0.5) is 13.2 Å². The highest BCUT2D eigenvalue weighted by atomic mass is 35.5. The number of nitrogens with zero attached hydrogens (tertiary/aromatic N) is 1. The topological polar surface area (TPSA) is 26.0 Å². The first kappa shape index (κ1) is 10.6. The summed E-state index contributed by atoms with van der Waals surface area (Å²) in [4.78, 5) is 3.68. The fourth-order valence-electron chi connectivity index (χ4n) is 1.10. The Morgan fingerprint density at radius 1 is 1.33 bits per heavy atom. The Hall–Kier alpha value is -0.880. The van der Waals surface area contributed by atoms with Gasteiger partial charge in [0.2, 0.25) is 0 Å². The molecular formula is C8H3ClF3NOS. The molecule has 7 heteroatoms. The van der Waals surface area contributed by atoms with E-state index in [1.165, 1.54) is 18.2 Å². The highest BCUT2D eigenvalue weighted by molar-refractivity contribution is 8.00. The Morgan fingerprint density at radius 2 is 2.07 bits per heavy atom. The Labute approximate surface area is 91.4 Å². The number of hydrogen-bond donors (Lipinski definition) is 0. The van der Waals surface area contributed by atoms with Crippen molar-refractivity contribution in [2.75, 3.05) is 0 Å². The van der Waals surface area contributed by atoms with Gasteiger partial charge in [-0.15, -0.1) is 0 Å². The fraction of sp³-hybridized carbons (Fsp3) is 0.125. The molecule has 0 saturated heterocycles. The number of rotatable bonds is 1. The lowest BCUT2D eigenvalue weighted by Crippen LogP contribution is -1.98. The summed E-state index contributed by atoms with van der Waals surface area (Å²) >= 11 is 5.21. The smallest absolute Gasteiger partial charge is 0.426 e. The van der Waals surface area contributed by atoms with Gasteiger partial charge in [-0.2, -0.15) is 18.2 Å². The minimum atomic E-state index is -4.35. The van der Waals surface area contributed by atoms with Crippen molar-refractivity contribution in [3.05, 3.63) is 23.5 Å². The molecule has 0 aliphatic heterocycles. The van der Waals surface area contributed by atoms with Crippen molar-refractivity contribution in [1.29, 1.82) is 0 Å². The summed E-state index contributed by atoms with van der Waals surface area (Å²) in [6.45, 7) is 0. The van der Waals surface area contributed by atoms with Gasteiger partial charge in [-0.05, 0) is 35.5 Å². The van der Waals surface area contributed by atoms with Crippen LogP contribution in [0.3, 0.4) is 0 Å². The van der Waals surface area contributed by atoms with Crippen LogP contribution in [-0.4, -0.2) is 10.5 Å². The third-order valence-electron chi connectivity index (χ3n) is 1.58. The molecule has 0 aliphatic rings. The zero-order valence-corrected chi connectivity index (χ0v) is 8.58. The van der Waals surface area contributed by atoms with Gasteiger partial charge in [0.15, 0.2) is 5.58 Å². The molecule has 1 heterocycles. The van der Waals surface area contributed by atoms with Crippen LogP contribution in [0.25, 0.3) is 11.1 Å². The standard InChI is InChI=1S/C8H3ClF3NOS/c9-7-13-4-2-1-3-5(6(4)14-7)15-8(10,11)12/h1-3H. The number of fused-ring (bicyclic) bond motifs is 1. The van der Waals surface area contributed by atoms with Crippen LogP contribution >= 0.6 is 23.4 Å². The molecule has 0 radical (unpaired) electrons. The van der Waals surface area contributed by atoms with E-state index < -0.39 is 5.51 Å². The van der Waals surface area contributed by atoms with Crippen LogP contribution in [0, 0.1) is 0 Å². The molecule has 0 aliphatic carbocycles. The van der Waals surface area contributed by atoms with E-state index in [0.717, 1.165) is 0 Å². The number of alkyl halides is 3. The van der Waals surface area contributed by atoms with E-state index in [9.17, 15) is 13.2 Å². The molecule has 80 valence electrons. The summed E-state index contributed by atoms with van der Waals surface area (Å²) in [5.41, 5.74) is -3.98. The number of thioether (sulfide) groups is 1. The second kappa shape index (κ2) is 3.61. The van der Waals surface area contributed by atoms with Crippen LogP contribution in [0.15, 0.2) is 27.5 Å². The van der Waals surface area contributed by atoms with Crippen LogP contribution in [0.2, 0.25) is 5.35 Å². The molecule has 2 rings (SSSR count). The molecule has 2 nitrogen and oxygen atoms in total. The molecule has 0 spiro atoms. The summed E-state index contributed by atoms with van der Waals surface area (Å²) in [5.74, 6) is 0. The molecule has 0 unspecified atom stereocenters. The molecule has 0 amide bonds. The van der Waals surface area contributed by atoms with E-state index in [0.29, 0.717) is 5.52 Å². The number of aromatic nitrogens is 1. The summed E-state index contributed by atoms with van der Waals surface area (Å²) in [6, 6.07) is 4.31. The fourth-order valence-corrected chi connectivity index (χ4v) is 1.90. The van der Waals surface area contributed by atoms with Crippen LogP contribution < -0.4 is 0 Å². The molecular weight excluding hydrogens is 251 g/mol. The minimum Gasteiger partial charge on any atom is -0.426 e. The number of oxazole rings is 1. The second-order valence-electron chi connectivity index (χ2n) is 2.62. The van der Waals surface area contributed by atoms with Gasteiger partial charge in [-0.25, -0.2) is 0 Å². The number of halogens is 4. The van der Waals surface area contributed by atoms with Gasteiger partial charge < -0.3 is 4.42 Å². The summed E-state index contributed by atoms with van der Waals surface area (Å²) in [6.07, 6.45) is 0. The molecule has 15 heavy (non-hydrogen) atoms. The van der Waals surface area contributed by atoms with Crippen molar-refractivity contribution >= 4 is 34.5 Å². The number of benzene rings is 1. The van der Waals surface area contributed by atoms with Gasteiger partial charge in [0.05, 0.1) is 4.90 Å². The monoisotopic (exact) mass is 253 g/mol. The van der Waals surface area contributed by atoms with E-state index in [2.05, 4.69) is 4.98 Å². The first-order chi connectivity index (χ1) is 6.96. The van der Waals surface area contributed by atoms with Gasteiger partial charge in [0, 0.05) is 0 Å². The van der Waals surface area contributed by atoms with Gasteiger partial charge >= 0.3 is 5.51 Å².